The van der Waals surface area contributed by atoms with Crippen LogP contribution in [0, 0.1) is 11.8 Å². The van der Waals surface area contributed by atoms with Crippen molar-refractivity contribution in [3.8, 4) is 0 Å². The van der Waals surface area contributed by atoms with Crippen LogP contribution >= 0.6 is 11.8 Å². The van der Waals surface area contributed by atoms with Crippen LogP contribution in [0.15, 0.2) is 0 Å². The highest BCUT2D eigenvalue weighted by molar-refractivity contribution is 8.00. The molecule has 0 aromatic carbocycles. The maximum absolute atomic E-state index is 10.6. The Hall–Kier alpha value is -0.180. The Morgan fingerprint density at radius 2 is 2.27 bits per heavy atom. The summed E-state index contributed by atoms with van der Waals surface area (Å²) in [6.45, 7) is 4.31. The minimum atomic E-state index is -0.624. The van der Waals surface area contributed by atoms with Gasteiger partial charge in [-0.3, -0.25) is 4.79 Å². The van der Waals surface area contributed by atoms with Crippen molar-refractivity contribution in [3.63, 3.8) is 0 Å². The Kier molecular flexibility index (Phi) is 2.82. The topological polar surface area (TPSA) is 37.3 Å². The van der Waals surface area contributed by atoms with Gasteiger partial charge in [-0.1, -0.05) is 13.8 Å². The van der Waals surface area contributed by atoms with Gasteiger partial charge in [0.1, 0.15) is 0 Å². The van der Waals surface area contributed by atoms with Crippen LogP contribution in [-0.4, -0.2) is 22.1 Å². The van der Waals surface area contributed by atoms with Crippen molar-refractivity contribution >= 4 is 17.7 Å². The Bertz CT molecular complexity index is 156. The lowest BCUT2D eigenvalue weighted by Crippen LogP contribution is -2.15. The molecule has 1 aliphatic heterocycles. The summed E-state index contributed by atoms with van der Waals surface area (Å²) in [5, 5.41) is 9.27. The van der Waals surface area contributed by atoms with E-state index in [2.05, 4.69) is 13.8 Å². The van der Waals surface area contributed by atoms with Crippen LogP contribution in [0.2, 0.25) is 0 Å². The first-order chi connectivity index (χ1) is 5.11. The predicted molar refractivity (Wildman–Crippen MR) is 46.8 cm³/mol. The summed E-state index contributed by atoms with van der Waals surface area (Å²) in [5.41, 5.74) is 0. The van der Waals surface area contributed by atoms with Crippen molar-refractivity contribution in [1.29, 1.82) is 0 Å². The molecule has 0 aliphatic carbocycles. The van der Waals surface area contributed by atoms with Crippen LogP contribution in [0.3, 0.4) is 0 Å². The summed E-state index contributed by atoms with van der Waals surface area (Å²) in [6.07, 6.45) is 0.859. The highest BCUT2D eigenvalue weighted by Gasteiger charge is 2.31. The third-order valence-corrected chi connectivity index (χ3v) is 3.88. The van der Waals surface area contributed by atoms with E-state index in [1.807, 2.05) is 0 Å². The van der Waals surface area contributed by atoms with Gasteiger partial charge in [-0.15, -0.1) is 0 Å². The monoisotopic (exact) mass is 174 g/mol. The third-order valence-electron chi connectivity index (χ3n) is 2.12. The van der Waals surface area contributed by atoms with E-state index in [9.17, 15) is 4.79 Å². The molecule has 2 unspecified atom stereocenters. The first kappa shape index (κ1) is 8.91. The number of hydrogen-bond donors (Lipinski definition) is 1. The second-order valence-electron chi connectivity index (χ2n) is 3.39. The van der Waals surface area contributed by atoms with Crippen molar-refractivity contribution in [1.82, 2.24) is 0 Å². The van der Waals surface area contributed by atoms with E-state index >= 15 is 0 Å². The second kappa shape index (κ2) is 3.48. The fourth-order valence-corrected chi connectivity index (χ4v) is 2.80. The summed E-state index contributed by atoms with van der Waals surface area (Å²) >= 11 is 1.81. The molecule has 0 radical (unpaired) electrons. The number of aliphatic carboxylic acids is 1. The van der Waals surface area contributed by atoms with E-state index in [-0.39, 0.29) is 5.92 Å². The van der Waals surface area contributed by atoms with E-state index < -0.39 is 5.97 Å². The lowest BCUT2D eigenvalue weighted by atomic mass is 10.00. The van der Waals surface area contributed by atoms with Crippen molar-refractivity contribution in [2.75, 3.05) is 5.75 Å². The number of carboxylic acids is 1. The molecule has 64 valence electrons. The molecule has 0 bridgehead atoms. The van der Waals surface area contributed by atoms with Crippen molar-refractivity contribution in [2.24, 2.45) is 11.8 Å². The van der Waals surface area contributed by atoms with Gasteiger partial charge in [-0.05, 0) is 12.3 Å². The van der Waals surface area contributed by atoms with E-state index in [4.69, 9.17) is 5.11 Å². The molecular formula is C8H14O2S. The average molecular weight is 174 g/mol. The first-order valence-electron chi connectivity index (χ1n) is 3.95. The fraction of sp³-hybridized carbons (Fsp3) is 0.875. The van der Waals surface area contributed by atoms with E-state index in [0.717, 1.165) is 12.2 Å². The summed E-state index contributed by atoms with van der Waals surface area (Å²) in [7, 11) is 0. The number of thioether (sulfide) groups is 1. The van der Waals surface area contributed by atoms with Gasteiger partial charge in [0.05, 0.1) is 5.92 Å². The summed E-state index contributed by atoms with van der Waals surface area (Å²) in [6, 6.07) is 0. The Labute approximate surface area is 71.4 Å². The maximum Gasteiger partial charge on any atom is 0.307 e. The van der Waals surface area contributed by atoms with Crippen LogP contribution in [0.4, 0.5) is 0 Å². The SMILES string of the molecule is CC(C)C1CC(C(=O)O)CS1. The van der Waals surface area contributed by atoms with Crippen molar-refractivity contribution < 1.29 is 9.90 Å². The number of hydrogen-bond acceptors (Lipinski definition) is 2. The normalized spacial score (nSPS) is 31.2. The summed E-state index contributed by atoms with van der Waals surface area (Å²) in [4.78, 5) is 10.6. The zero-order valence-electron chi connectivity index (χ0n) is 6.91. The summed E-state index contributed by atoms with van der Waals surface area (Å²) in [5.74, 6) is 0.704. The van der Waals surface area contributed by atoms with Gasteiger partial charge in [-0.25, -0.2) is 0 Å². The van der Waals surface area contributed by atoms with E-state index in [1.165, 1.54) is 0 Å². The second-order valence-corrected chi connectivity index (χ2v) is 4.66. The summed E-state index contributed by atoms with van der Waals surface area (Å²) < 4.78 is 0. The Morgan fingerprint density at radius 1 is 1.64 bits per heavy atom. The minimum Gasteiger partial charge on any atom is -0.481 e. The van der Waals surface area contributed by atoms with Gasteiger partial charge in [-0.2, -0.15) is 11.8 Å². The highest BCUT2D eigenvalue weighted by Crippen LogP contribution is 2.35. The van der Waals surface area contributed by atoms with Crippen molar-refractivity contribution in [3.05, 3.63) is 0 Å². The zero-order chi connectivity index (χ0) is 8.43. The average Bonchev–Trinajstić information content (AvgIpc) is 2.33. The molecule has 1 N–H and O–H groups in total. The lowest BCUT2D eigenvalue weighted by molar-refractivity contribution is -0.140. The van der Waals surface area contributed by atoms with Gasteiger partial charge in [0.25, 0.3) is 0 Å². The minimum absolute atomic E-state index is 0.0904. The van der Waals surface area contributed by atoms with Gasteiger partial charge in [0.15, 0.2) is 0 Å². The Balaban J connectivity index is 2.41. The van der Waals surface area contributed by atoms with Crippen molar-refractivity contribution in [2.45, 2.75) is 25.5 Å². The molecule has 1 heterocycles. The third kappa shape index (κ3) is 2.12. The van der Waals surface area contributed by atoms with Crippen LogP contribution in [0.5, 0.6) is 0 Å². The molecule has 1 aliphatic rings. The first-order valence-corrected chi connectivity index (χ1v) is 5.00. The molecule has 0 amide bonds. The number of rotatable bonds is 2. The van der Waals surface area contributed by atoms with E-state index in [0.29, 0.717) is 11.2 Å². The molecular weight excluding hydrogens is 160 g/mol. The van der Waals surface area contributed by atoms with Gasteiger partial charge in [0.2, 0.25) is 0 Å². The van der Waals surface area contributed by atoms with Crippen LogP contribution in [0.25, 0.3) is 0 Å². The maximum atomic E-state index is 10.6. The Morgan fingerprint density at radius 3 is 2.55 bits per heavy atom. The molecule has 1 fully saturated rings. The molecule has 2 atom stereocenters. The molecule has 2 nitrogen and oxygen atoms in total. The molecule has 11 heavy (non-hydrogen) atoms. The molecule has 0 saturated carbocycles. The molecule has 1 rings (SSSR count). The molecule has 0 spiro atoms. The smallest absolute Gasteiger partial charge is 0.307 e. The number of carbonyl (C=O) groups is 1. The quantitative estimate of drug-likeness (QED) is 0.694. The van der Waals surface area contributed by atoms with Crippen LogP contribution in [-0.2, 0) is 4.79 Å². The standard InChI is InChI=1S/C8H14O2S/c1-5(2)7-3-6(4-11-7)8(9)10/h5-7H,3-4H2,1-2H3,(H,9,10). The van der Waals surface area contributed by atoms with Gasteiger partial charge < -0.3 is 5.11 Å². The van der Waals surface area contributed by atoms with Crippen LogP contribution in [0.1, 0.15) is 20.3 Å². The largest absolute Gasteiger partial charge is 0.481 e. The van der Waals surface area contributed by atoms with E-state index in [1.54, 1.807) is 11.8 Å². The fourth-order valence-electron chi connectivity index (χ4n) is 1.29. The zero-order valence-corrected chi connectivity index (χ0v) is 7.73. The lowest BCUT2D eigenvalue weighted by Gasteiger charge is -2.11. The predicted octanol–water partition coefficient (Wildman–Crippen LogP) is 1.85. The number of carboxylic acid groups (broad SMARTS) is 1. The molecule has 0 aromatic heterocycles. The van der Waals surface area contributed by atoms with Gasteiger partial charge in [0, 0.05) is 11.0 Å². The molecule has 1 saturated heterocycles. The highest BCUT2D eigenvalue weighted by atomic mass is 32.2. The van der Waals surface area contributed by atoms with Crippen LogP contribution < -0.4 is 0 Å². The molecule has 0 aromatic rings. The van der Waals surface area contributed by atoms with Gasteiger partial charge >= 0.3 is 5.97 Å². The molecule has 3 heteroatoms.